The first-order chi connectivity index (χ1) is 10.3. The van der Waals surface area contributed by atoms with Crippen LogP contribution in [0.25, 0.3) is 0 Å². The predicted octanol–water partition coefficient (Wildman–Crippen LogP) is 3.42. The lowest BCUT2D eigenvalue weighted by Crippen LogP contribution is -2.40. The van der Waals surface area contributed by atoms with Crippen molar-refractivity contribution >= 4 is 27.7 Å². The van der Waals surface area contributed by atoms with Crippen molar-refractivity contribution in [1.29, 1.82) is 5.26 Å². The molecule has 1 aromatic rings. The molecule has 1 aromatic carbocycles. The quantitative estimate of drug-likeness (QED) is 0.871. The molecule has 1 N–H and O–H groups in total. The Hall–Kier alpha value is -1.74. The number of hydrogen-bond donors (Lipinski definition) is 1. The molecule has 1 aliphatic rings. The number of anilines is 1. The van der Waals surface area contributed by atoms with Crippen LogP contribution >= 0.6 is 15.9 Å². The maximum Gasteiger partial charge on any atom is 0.407 e. The molecule has 0 unspecified atom stereocenters. The number of nitrogens with one attached hydrogen (secondary N) is 1. The lowest BCUT2D eigenvalue weighted by molar-refractivity contribution is 0.0509. The van der Waals surface area contributed by atoms with Crippen molar-refractivity contribution < 1.29 is 9.53 Å². The molecule has 0 spiro atoms. The number of nitriles is 1. The largest absolute Gasteiger partial charge is 0.444 e. The van der Waals surface area contributed by atoms with E-state index in [0.29, 0.717) is 12.1 Å². The number of hydrogen-bond acceptors (Lipinski definition) is 4. The highest BCUT2D eigenvalue weighted by Crippen LogP contribution is 2.27. The van der Waals surface area contributed by atoms with Crippen LogP contribution in [0.5, 0.6) is 0 Å². The summed E-state index contributed by atoms with van der Waals surface area (Å²) in [6.07, 6.45) is 0.441. The van der Waals surface area contributed by atoms with E-state index < -0.39 is 11.7 Å². The Morgan fingerprint density at radius 3 is 2.86 bits per heavy atom. The van der Waals surface area contributed by atoms with Crippen molar-refractivity contribution in [2.24, 2.45) is 0 Å². The fourth-order valence-corrected chi connectivity index (χ4v) is 2.81. The zero-order valence-corrected chi connectivity index (χ0v) is 14.6. The van der Waals surface area contributed by atoms with Crippen LogP contribution in [-0.2, 0) is 4.74 Å². The molecule has 118 valence electrons. The average Bonchev–Trinajstić information content (AvgIpc) is 2.84. The van der Waals surface area contributed by atoms with E-state index in [9.17, 15) is 10.1 Å². The highest BCUT2D eigenvalue weighted by Gasteiger charge is 2.27. The van der Waals surface area contributed by atoms with Gasteiger partial charge < -0.3 is 15.0 Å². The number of rotatable bonds is 2. The Morgan fingerprint density at radius 2 is 2.23 bits per heavy atom. The minimum absolute atomic E-state index is 0.0324. The third-order valence-electron chi connectivity index (χ3n) is 3.33. The van der Waals surface area contributed by atoms with Crippen molar-refractivity contribution in [3.05, 3.63) is 28.2 Å². The van der Waals surface area contributed by atoms with Crippen molar-refractivity contribution in [1.82, 2.24) is 5.32 Å². The smallest absolute Gasteiger partial charge is 0.407 e. The monoisotopic (exact) mass is 365 g/mol. The maximum absolute atomic E-state index is 11.8. The Labute approximate surface area is 139 Å². The summed E-state index contributed by atoms with van der Waals surface area (Å²) in [6, 6.07) is 7.91. The summed E-state index contributed by atoms with van der Waals surface area (Å²) < 4.78 is 6.16. The first-order valence-corrected chi connectivity index (χ1v) is 8.02. The second kappa shape index (κ2) is 6.57. The van der Waals surface area contributed by atoms with Gasteiger partial charge in [-0.15, -0.1) is 0 Å². The number of halogens is 1. The van der Waals surface area contributed by atoms with Crippen molar-refractivity contribution in [2.75, 3.05) is 18.0 Å². The molecule has 1 heterocycles. The second-order valence-corrected chi connectivity index (χ2v) is 7.27. The highest BCUT2D eigenvalue weighted by molar-refractivity contribution is 9.10. The van der Waals surface area contributed by atoms with Crippen LogP contribution in [0.4, 0.5) is 10.5 Å². The minimum Gasteiger partial charge on any atom is -0.444 e. The van der Waals surface area contributed by atoms with E-state index in [2.05, 4.69) is 32.2 Å². The summed E-state index contributed by atoms with van der Waals surface area (Å²) in [4.78, 5) is 13.9. The Balaban J connectivity index is 1.99. The van der Waals surface area contributed by atoms with Gasteiger partial charge in [0, 0.05) is 17.6 Å². The van der Waals surface area contributed by atoms with Crippen LogP contribution in [0.3, 0.4) is 0 Å². The van der Waals surface area contributed by atoms with E-state index >= 15 is 0 Å². The van der Waals surface area contributed by atoms with E-state index in [1.54, 1.807) is 0 Å². The lowest BCUT2D eigenvalue weighted by Gasteiger charge is -2.23. The van der Waals surface area contributed by atoms with Crippen LogP contribution in [0.2, 0.25) is 0 Å². The van der Waals surface area contributed by atoms with Gasteiger partial charge in [-0.2, -0.15) is 5.26 Å². The van der Waals surface area contributed by atoms with Gasteiger partial charge >= 0.3 is 6.09 Å². The van der Waals surface area contributed by atoms with E-state index in [1.165, 1.54) is 0 Å². The van der Waals surface area contributed by atoms with Gasteiger partial charge in [0.05, 0.1) is 17.3 Å². The minimum atomic E-state index is -0.498. The highest BCUT2D eigenvalue weighted by atomic mass is 79.9. The van der Waals surface area contributed by atoms with Gasteiger partial charge in [-0.1, -0.05) is 15.9 Å². The van der Waals surface area contributed by atoms with Crippen molar-refractivity contribution in [3.8, 4) is 6.07 Å². The summed E-state index contributed by atoms with van der Waals surface area (Å²) in [6.45, 7) is 7.00. The molecule has 0 saturated carbocycles. The molecule has 1 fully saturated rings. The standard InChI is InChI=1S/C16H20BrN3O2/c1-16(2,3)22-15(21)19-13-6-7-20(10-13)14-5-4-12(17)8-11(14)9-18/h4-5,8,13H,6-7,10H2,1-3H3,(H,19,21)/t13-/m0/s1. The second-order valence-electron chi connectivity index (χ2n) is 6.35. The van der Waals surface area contributed by atoms with Crippen LogP contribution in [-0.4, -0.2) is 30.8 Å². The third-order valence-corrected chi connectivity index (χ3v) is 3.82. The number of nitrogens with zero attached hydrogens (tertiary/aromatic N) is 2. The number of carbonyl (C=O) groups excluding carboxylic acids is 1. The van der Waals surface area contributed by atoms with Gasteiger partial charge in [0.2, 0.25) is 0 Å². The van der Waals surface area contributed by atoms with E-state index in [0.717, 1.165) is 23.1 Å². The number of carbonyl (C=O) groups is 1. The molecule has 6 heteroatoms. The molecule has 0 aliphatic carbocycles. The SMILES string of the molecule is CC(C)(C)OC(=O)N[C@H]1CCN(c2ccc(Br)cc2C#N)C1. The summed E-state index contributed by atoms with van der Waals surface area (Å²) in [5, 5.41) is 12.1. The molecule has 0 aromatic heterocycles. The summed E-state index contributed by atoms with van der Waals surface area (Å²) in [7, 11) is 0. The summed E-state index contributed by atoms with van der Waals surface area (Å²) in [5.41, 5.74) is 1.04. The molecular weight excluding hydrogens is 346 g/mol. The Bertz CT molecular complexity index is 604. The first-order valence-electron chi connectivity index (χ1n) is 7.22. The first kappa shape index (κ1) is 16.6. The van der Waals surface area contributed by atoms with Gasteiger partial charge in [0.1, 0.15) is 11.7 Å². The van der Waals surface area contributed by atoms with Crippen LogP contribution in [0.15, 0.2) is 22.7 Å². The maximum atomic E-state index is 11.8. The lowest BCUT2D eigenvalue weighted by atomic mass is 10.2. The molecule has 1 aliphatic heterocycles. The van der Waals surface area contributed by atoms with Gasteiger partial charge in [-0.05, 0) is 45.4 Å². The molecule has 22 heavy (non-hydrogen) atoms. The van der Waals surface area contributed by atoms with E-state index in [1.807, 2.05) is 39.0 Å². The average molecular weight is 366 g/mol. The number of alkyl carbamates (subject to hydrolysis) is 1. The Morgan fingerprint density at radius 1 is 1.50 bits per heavy atom. The normalized spacial score (nSPS) is 18.0. The summed E-state index contributed by atoms with van der Waals surface area (Å²) >= 11 is 3.37. The molecule has 1 amide bonds. The van der Waals surface area contributed by atoms with Crippen LogP contribution in [0, 0.1) is 11.3 Å². The van der Waals surface area contributed by atoms with Crippen LogP contribution < -0.4 is 10.2 Å². The fraction of sp³-hybridized carbons (Fsp3) is 0.500. The number of amides is 1. The molecule has 1 atom stereocenters. The van der Waals surface area contributed by atoms with Gasteiger partial charge in [-0.3, -0.25) is 0 Å². The van der Waals surface area contributed by atoms with Gasteiger partial charge in [0.25, 0.3) is 0 Å². The molecular formula is C16H20BrN3O2. The fourth-order valence-electron chi connectivity index (χ4n) is 2.44. The molecule has 2 rings (SSSR count). The van der Waals surface area contributed by atoms with Crippen LogP contribution in [0.1, 0.15) is 32.8 Å². The molecule has 0 radical (unpaired) electrons. The van der Waals surface area contributed by atoms with E-state index in [-0.39, 0.29) is 6.04 Å². The number of benzene rings is 1. The third kappa shape index (κ3) is 4.38. The molecule has 0 bridgehead atoms. The van der Waals surface area contributed by atoms with E-state index in [4.69, 9.17) is 4.74 Å². The Kier molecular flexibility index (Phi) is 4.97. The topological polar surface area (TPSA) is 65.4 Å². The summed E-state index contributed by atoms with van der Waals surface area (Å²) in [5.74, 6) is 0. The number of ether oxygens (including phenoxy) is 1. The zero-order valence-electron chi connectivity index (χ0n) is 13.0. The zero-order chi connectivity index (χ0) is 16.3. The van der Waals surface area contributed by atoms with Crippen molar-refractivity contribution in [3.63, 3.8) is 0 Å². The molecule has 1 saturated heterocycles. The van der Waals surface area contributed by atoms with Gasteiger partial charge in [0.15, 0.2) is 0 Å². The van der Waals surface area contributed by atoms with Gasteiger partial charge in [-0.25, -0.2) is 4.79 Å². The van der Waals surface area contributed by atoms with Crippen molar-refractivity contribution in [2.45, 2.75) is 38.8 Å². The molecule has 5 nitrogen and oxygen atoms in total. The predicted molar refractivity (Wildman–Crippen MR) is 88.8 cm³/mol.